The number of ketones is 2. The summed E-state index contributed by atoms with van der Waals surface area (Å²) in [5.74, 6) is -1.05. The first-order chi connectivity index (χ1) is 9.85. The number of aliphatic hydroxyl groups excluding tert-OH is 1. The van der Waals surface area contributed by atoms with Crippen molar-refractivity contribution in [3.05, 3.63) is 40.5 Å². The molecule has 1 aromatic rings. The smallest absolute Gasteiger partial charge is 0.201 e. The van der Waals surface area contributed by atoms with Gasteiger partial charge >= 0.3 is 0 Å². The van der Waals surface area contributed by atoms with E-state index in [1.54, 1.807) is 19.1 Å². The number of Topliss-reactive ketones (excluding diaryl/α,β-unsaturated/α-hetero) is 2. The number of rotatable bonds is 1. The molecule has 2 atom stereocenters. The fraction of sp³-hybridized carbons (Fsp3) is 0.412. The molecule has 22 heavy (non-hydrogen) atoms. The van der Waals surface area contributed by atoms with Crippen LogP contribution in [0.4, 0.5) is 0 Å². The first kappa shape index (κ1) is 17.5. The molecule has 3 rings (SSSR count). The molecule has 2 unspecified atom stereocenters. The van der Waals surface area contributed by atoms with E-state index in [0.29, 0.717) is 18.4 Å². The Morgan fingerprint density at radius 3 is 2.77 bits per heavy atom. The molecule has 5 heteroatoms. The zero-order valence-corrected chi connectivity index (χ0v) is 15.7. The maximum Gasteiger partial charge on any atom is 0.201 e. The van der Waals surface area contributed by atoms with E-state index in [2.05, 4.69) is 6.07 Å². The Hall–Kier alpha value is -0.836. The molecule has 2 heterocycles. The molecule has 0 spiro atoms. The molecule has 0 amide bonds. The summed E-state index contributed by atoms with van der Waals surface area (Å²) in [6.45, 7) is 5.39. The fourth-order valence-electron chi connectivity index (χ4n) is 3.03. The molecular weight excluding hydrogens is 357 g/mol. The van der Waals surface area contributed by atoms with Gasteiger partial charge in [0.25, 0.3) is 0 Å². The molecule has 4 nitrogen and oxygen atoms in total. The second kappa shape index (κ2) is 5.99. The van der Waals surface area contributed by atoms with Crippen molar-refractivity contribution < 1.29 is 52.1 Å². The number of fused-ring (bicyclic) bond motifs is 2. The summed E-state index contributed by atoms with van der Waals surface area (Å²) in [7, 11) is 0. The molecule has 2 aliphatic rings. The molecule has 0 aromatic heterocycles. The van der Waals surface area contributed by atoms with E-state index >= 15 is 0 Å². The monoisotopic (exact) mass is 374 g/mol. The molecule has 0 aliphatic carbocycles. The third-order valence-corrected chi connectivity index (χ3v) is 4.54. The van der Waals surface area contributed by atoms with Gasteiger partial charge in [0, 0.05) is 32.7 Å². The van der Waals surface area contributed by atoms with Crippen molar-refractivity contribution in [2.24, 2.45) is 0 Å². The summed E-state index contributed by atoms with van der Waals surface area (Å²) in [6.07, 6.45) is 0.430. The molecule has 1 aromatic carbocycles. The number of benzene rings is 1. The van der Waals surface area contributed by atoms with Crippen LogP contribution in [0.3, 0.4) is 0 Å². The van der Waals surface area contributed by atoms with Crippen molar-refractivity contribution in [3.63, 3.8) is 0 Å². The minimum atomic E-state index is -0.980. The topological polar surface area (TPSA) is 63.6 Å². The summed E-state index contributed by atoms with van der Waals surface area (Å²) in [5.41, 5.74) is 1.10. The second-order valence-corrected chi connectivity index (χ2v) is 5.93. The van der Waals surface area contributed by atoms with E-state index < -0.39 is 23.3 Å². The number of aryl methyl sites for hydroxylation is 1. The van der Waals surface area contributed by atoms with Crippen molar-refractivity contribution in [2.75, 3.05) is 0 Å². The number of hydrogen-bond acceptors (Lipinski definition) is 4. The number of aliphatic hydroxyl groups is 1. The predicted molar refractivity (Wildman–Crippen MR) is 76.8 cm³/mol. The maximum atomic E-state index is 12.6. The standard InChI is InChI=1S/C17H17O4.Y/c1-9-5-4-6-11(10(9)2)14(18)13-15(19)12-7-8-17(3,21-12)16(13)20;/h4,6,12,18H,7-8H2,1-3H3;/q-1;/b14-13-;. The van der Waals surface area contributed by atoms with Crippen molar-refractivity contribution in [1.29, 1.82) is 0 Å². The fourth-order valence-corrected chi connectivity index (χ4v) is 3.03. The van der Waals surface area contributed by atoms with Crippen LogP contribution in [0.15, 0.2) is 17.7 Å². The van der Waals surface area contributed by atoms with Gasteiger partial charge in [-0.05, 0) is 19.8 Å². The van der Waals surface area contributed by atoms with E-state index in [1.165, 1.54) is 0 Å². The molecule has 2 saturated heterocycles. The van der Waals surface area contributed by atoms with Gasteiger partial charge in [0.05, 0.1) is 0 Å². The molecule has 2 bridgehead atoms. The zero-order chi connectivity index (χ0) is 15.4. The van der Waals surface area contributed by atoms with Crippen LogP contribution in [0.25, 0.3) is 5.76 Å². The van der Waals surface area contributed by atoms with Gasteiger partial charge in [-0.25, -0.2) is 0 Å². The van der Waals surface area contributed by atoms with Crippen molar-refractivity contribution in [1.82, 2.24) is 0 Å². The van der Waals surface area contributed by atoms with Gasteiger partial charge < -0.3 is 9.84 Å². The van der Waals surface area contributed by atoms with Crippen LogP contribution in [0.5, 0.6) is 0 Å². The average Bonchev–Trinajstić information content (AvgIpc) is 2.81. The second-order valence-electron chi connectivity index (χ2n) is 5.93. The van der Waals surface area contributed by atoms with Crippen LogP contribution < -0.4 is 0 Å². The Kier molecular flexibility index (Phi) is 4.77. The number of ether oxygens (including phenoxy) is 1. The molecule has 0 saturated carbocycles. The van der Waals surface area contributed by atoms with Crippen LogP contribution in [0, 0.1) is 19.9 Å². The summed E-state index contributed by atoms with van der Waals surface area (Å²) >= 11 is 0. The molecular formula is C17H17O4Y-. The SMILES string of the molecule is Cc1[c-]ccc(/C(O)=C2\C(=O)C3CCC(C)(O3)C2=O)c1C.[Y]. The molecule has 1 N–H and O–H groups in total. The molecule has 113 valence electrons. The molecule has 1 radical (unpaired) electrons. The minimum absolute atomic E-state index is 0. The predicted octanol–water partition coefficient (Wildman–Crippen LogP) is 2.46. The van der Waals surface area contributed by atoms with Crippen molar-refractivity contribution in [2.45, 2.75) is 45.3 Å². The van der Waals surface area contributed by atoms with Gasteiger partial charge in [-0.3, -0.25) is 9.59 Å². The van der Waals surface area contributed by atoms with Gasteiger partial charge in [-0.1, -0.05) is 19.4 Å². The summed E-state index contributed by atoms with van der Waals surface area (Å²) in [5, 5.41) is 10.5. The van der Waals surface area contributed by atoms with Gasteiger partial charge in [-0.15, -0.1) is 5.56 Å². The first-order valence-electron chi connectivity index (χ1n) is 7.03. The van der Waals surface area contributed by atoms with E-state index in [9.17, 15) is 14.7 Å². The largest absolute Gasteiger partial charge is 0.509 e. The first-order valence-corrected chi connectivity index (χ1v) is 7.03. The van der Waals surface area contributed by atoms with E-state index in [0.717, 1.165) is 11.1 Å². The van der Waals surface area contributed by atoms with Gasteiger partial charge in [0.2, 0.25) is 5.78 Å². The van der Waals surface area contributed by atoms with E-state index in [4.69, 9.17) is 4.74 Å². The third kappa shape index (κ3) is 2.51. The molecule has 2 fully saturated rings. The summed E-state index contributed by atoms with van der Waals surface area (Å²) in [6, 6.07) is 6.38. The zero-order valence-electron chi connectivity index (χ0n) is 12.9. The van der Waals surface area contributed by atoms with Crippen LogP contribution in [0.2, 0.25) is 0 Å². The summed E-state index contributed by atoms with van der Waals surface area (Å²) in [4.78, 5) is 24.9. The maximum absolute atomic E-state index is 12.6. The van der Waals surface area contributed by atoms with Gasteiger partial charge in [0.1, 0.15) is 23.0 Å². The van der Waals surface area contributed by atoms with Crippen LogP contribution in [-0.2, 0) is 47.0 Å². The van der Waals surface area contributed by atoms with E-state index in [-0.39, 0.29) is 44.0 Å². The molecule has 2 aliphatic heterocycles. The Bertz CT molecular complexity index is 692. The van der Waals surface area contributed by atoms with Crippen molar-refractivity contribution in [3.8, 4) is 0 Å². The quantitative estimate of drug-likeness (QED) is 0.355. The number of carbonyl (C=O) groups is 2. The summed E-state index contributed by atoms with van der Waals surface area (Å²) < 4.78 is 5.53. The van der Waals surface area contributed by atoms with Gasteiger partial charge in [-0.2, -0.15) is 23.8 Å². The van der Waals surface area contributed by atoms with Gasteiger partial charge in [0.15, 0.2) is 5.78 Å². The third-order valence-electron chi connectivity index (χ3n) is 4.54. The normalized spacial score (nSPS) is 29.3. The average molecular weight is 374 g/mol. The number of hydrogen-bond donors (Lipinski definition) is 1. The Morgan fingerprint density at radius 2 is 2.09 bits per heavy atom. The Labute approximate surface area is 154 Å². The van der Waals surface area contributed by atoms with Crippen LogP contribution in [-0.4, -0.2) is 28.4 Å². The van der Waals surface area contributed by atoms with Crippen molar-refractivity contribution >= 4 is 17.3 Å². The minimum Gasteiger partial charge on any atom is -0.509 e. The van der Waals surface area contributed by atoms with Crippen LogP contribution in [0.1, 0.15) is 36.5 Å². The van der Waals surface area contributed by atoms with Crippen LogP contribution >= 0.6 is 0 Å². The Morgan fingerprint density at radius 1 is 1.41 bits per heavy atom. The number of carbonyl (C=O) groups excluding carboxylic acids is 2. The van der Waals surface area contributed by atoms with E-state index in [1.807, 2.05) is 13.8 Å². The Balaban J connectivity index is 0.00000176.